The van der Waals surface area contributed by atoms with E-state index in [1.807, 2.05) is 24.3 Å². The predicted molar refractivity (Wildman–Crippen MR) is 156 cm³/mol. The van der Waals surface area contributed by atoms with Crippen molar-refractivity contribution in [3.8, 4) is 6.07 Å². The summed E-state index contributed by atoms with van der Waals surface area (Å²) in [6.07, 6.45) is 10.3. The van der Waals surface area contributed by atoms with Crippen molar-refractivity contribution in [1.82, 2.24) is 25.5 Å². The average Bonchev–Trinajstić information content (AvgIpc) is 3.60. The normalized spacial score (nSPS) is 21.6. The third-order valence-corrected chi connectivity index (χ3v) is 8.64. The second-order valence-corrected chi connectivity index (χ2v) is 11.7. The maximum atomic E-state index is 12.9. The van der Waals surface area contributed by atoms with Gasteiger partial charge in [0.15, 0.2) is 5.82 Å². The van der Waals surface area contributed by atoms with E-state index in [9.17, 15) is 10.1 Å². The topological polar surface area (TPSA) is 132 Å². The molecule has 3 N–H and O–H groups in total. The number of anilines is 3. The van der Waals surface area contributed by atoms with Gasteiger partial charge >= 0.3 is 0 Å². The van der Waals surface area contributed by atoms with E-state index in [2.05, 4.69) is 42.9 Å². The van der Waals surface area contributed by atoms with Crippen molar-refractivity contribution in [1.29, 1.82) is 5.26 Å². The van der Waals surface area contributed by atoms with Gasteiger partial charge in [-0.05, 0) is 86.6 Å². The van der Waals surface area contributed by atoms with Crippen LogP contribution in [0.2, 0.25) is 0 Å². The third-order valence-electron chi connectivity index (χ3n) is 8.64. The van der Waals surface area contributed by atoms with Gasteiger partial charge in [-0.15, -0.1) is 0 Å². The number of carbonyl (C=O) groups excluding carboxylic acids is 1. The summed E-state index contributed by atoms with van der Waals surface area (Å²) < 4.78 is 5.42. The van der Waals surface area contributed by atoms with Gasteiger partial charge in [0.1, 0.15) is 5.82 Å². The molecule has 0 spiro atoms. The Hall–Kier alpha value is -3.97. The number of benzene rings is 1. The summed E-state index contributed by atoms with van der Waals surface area (Å²) in [6, 6.07) is 12.5. The number of aromatic nitrogens is 4. The summed E-state index contributed by atoms with van der Waals surface area (Å²) in [6.45, 7) is 1.28. The molecule has 1 unspecified atom stereocenters. The Morgan fingerprint density at radius 3 is 2.71 bits per heavy atom. The van der Waals surface area contributed by atoms with Gasteiger partial charge in [-0.2, -0.15) is 15.3 Å². The fourth-order valence-electron chi connectivity index (χ4n) is 6.33. The molecule has 2 heterocycles. The Balaban J connectivity index is 1.02. The smallest absolute Gasteiger partial charge is 0.227 e. The van der Waals surface area contributed by atoms with Gasteiger partial charge in [0.05, 0.1) is 18.2 Å². The van der Waals surface area contributed by atoms with Crippen LogP contribution in [0.1, 0.15) is 73.2 Å². The number of fused-ring (bicyclic) bond motifs is 1. The molecular formula is C31H38N8O2. The molecule has 1 amide bonds. The maximum Gasteiger partial charge on any atom is 0.227 e. The highest BCUT2D eigenvalue weighted by Gasteiger charge is 2.30. The van der Waals surface area contributed by atoms with Crippen LogP contribution in [0.15, 0.2) is 36.5 Å². The average molecular weight is 555 g/mol. The number of H-pyrrole nitrogens is 1. The van der Waals surface area contributed by atoms with Gasteiger partial charge in [-0.25, -0.2) is 4.98 Å². The van der Waals surface area contributed by atoms with E-state index < -0.39 is 0 Å². The SMILES string of the molecule is COCCN(c1nccc(Nc2cc(C3CC3)[nH]n2)n1)[C@H]1CC[C@H](NC(=O)CC2Cc3ccc(C#N)cc3C2)CC1. The molecule has 1 aromatic carbocycles. The van der Waals surface area contributed by atoms with Gasteiger partial charge in [0.25, 0.3) is 0 Å². The van der Waals surface area contributed by atoms with E-state index in [0.717, 1.165) is 44.3 Å². The van der Waals surface area contributed by atoms with Gasteiger partial charge in [0.2, 0.25) is 11.9 Å². The number of amides is 1. The fourth-order valence-corrected chi connectivity index (χ4v) is 6.33. The Morgan fingerprint density at radius 1 is 1.10 bits per heavy atom. The first kappa shape index (κ1) is 27.2. The van der Waals surface area contributed by atoms with Gasteiger partial charge in [-0.1, -0.05) is 6.07 Å². The molecule has 214 valence electrons. The zero-order valence-electron chi connectivity index (χ0n) is 23.6. The van der Waals surface area contributed by atoms with Gasteiger partial charge in [-0.3, -0.25) is 9.89 Å². The first-order valence-electron chi connectivity index (χ1n) is 14.8. The molecule has 0 bridgehead atoms. The highest BCUT2D eigenvalue weighted by molar-refractivity contribution is 5.76. The van der Waals surface area contributed by atoms with Crippen LogP contribution in [0.4, 0.5) is 17.6 Å². The molecule has 1 atom stereocenters. The molecule has 6 rings (SSSR count). The van der Waals surface area contributed by atoms with Crippen molar-refractivity contribution in [2.45, 2.75) is 75.8 Å². The van der Waals surface area contributed by atoms with Crippen molar-refractivity contribution >= 4 is 23.5 Å². The van der Waals surface area contributed by atoms with Crippen molar-refractivity contribution < 1.29 is 9.53 Å². The van der Waals surface area contributed by atoms with Gasteiger partial charge in [0, 0.05) is 56.0 Å². The Morgan fingerprint density at radius 2 is 1.93 bits per heavy atom. The largest absolute Gasteiger partial charge is 0.383 e. The van der Waals surface area contributed by atoms with Crippen LogP contribution in [-0.2, 0) is 22.4 Å². The van der Waals surface area contributed by atoms with Crippen LogP contribution < -0.4 is 15.5 Å². The zero-order valence-corrected chi connectivity index (χ0v) is 23.6. The molecule has 10 nitrogen and oxygen atoms in total. The van der Waals surface area contributed by atoms with Crippen molar-refractivity contribution in [2.24, 2.45) is 5.92 Å². The summed E-state index contributed by atoms with van der Waals surface area (Å²) in [5.41, 5.74) is 4.35. The number of aromatic amines is 1. The molecular weight excluding hydrogens is 516 g/mol. The number of nitriles is 1. The minimum atomic E-state index is 0.133. The van der Waals surface area contributed by atoms with Crippen LogP contribution in [0, 0.1) is 17.2 Å². The van der Waals surface area contributed by atoms with E-state index in [1.54, 1.807) is 13.3 Å². The van der Waals surface area contributed by atoms with E-state index in [4.69, 9.17) is 9.72 Å². The summed E-state index contributed by atoms with van der Waals surface area (Å²) >= 11 is 0. The summed E-state index contributed by atoms with van der Waals surface area (Å²) in [4.78, 5) is 24.6. The van der Waals surface area contributed by atoms with E-state index in [0.29, 0.717) is 48.7 Å². The number of ether oxygens (including phenoxy) is 1. The molecule has 3 aromatic rings. The predicted octanol–water partition coefficient (Wildman–Crippen LogP) is 4.38. The van der Waals surface area contributed by atoms with Crippen molar-refractivity contribution in [3.63, 3.8) is 0 Å². The lowest BCUT2D eigenvalue weighted by Crippen LogP contribution is -2.46. The van der Waals surface area contributed by atoms with Crippen LogP contribution in [0.25, 0.3) is 0 Å². The number of methoxy groups -OCH3 is 1. The van der Waals surface area contributed by atoms with Crippen LogP contribution in [0.5, 0.6) is 0 Å². The lowest BCUT2D eigenvalue weighted by atomic mass is 9.89. The highest BCUT2D eigenvalue weighted by Crippen LogP contribution is 2.39. The standard InChI is InChI=1S/C31H38N8O2/c1-41-13-12-39(31-33-11-10-28(36-31)35-29-18-27(37-38-29)22-4-5-22)26-8-6-25(7-9-26)34-30(40)17-21-15-23-3-2-20(19-32)14-24(23)16-21/h2-3,10-11,14,18,21-22,25-26H,4-9,12-13,15-17H2,1H3,(H,34,40)(H2,33,35,36,37,38)/t21?,25-,26-. The van der Waals surface area contributed by atoms with E-state index >= 15 is 0 Å². The number of hydrogen-bond donors (Lipinski definition) is 3. The monoisotopic (exact) mass is 554 g/mol. The molecule has 0 saturated heterocycles. The minimum absolute atomic E-state index is 0.133. The minimum Gasteiger partial charge on any atom is -0.383 e. The van der Waals surface area contributed by atoms with E-state index in [1.165, 1.54) is 29.7 Å². The van der Waals surface area contributed by atoms with Gasteiger partial charge < -0.3 is 20.3 Å². The summed E-state index contributed by atoms with van der Waals surface area (Å²) in [5.74, 6) is 3.21. The first-order chi connectivity index (χ1) is 20.1. The zero-order chi connectivity index (χ0) is 28.2. The molecule has 2 fully saturated rings. The molecule has 0 radical (unpaired) electrons. The van der Waals surface area contributed by atoms with Crippen LogP contribution >= 0.6 is 0 Å². The second-order valence-electron chi connectivity index (χ2n) is 11.7. The number of hydrogen-bond acceptors (Lipinski definition) is 8. The Kier molecular flexibility index (Phi) is 8.14. The number of carbonyl (C=O) groups is 1. The van der Waals surface area contributed by atoms with E-state index in [-0.39, 0.29) is 18.0 Å². The van der Waals surface area contributed by atoms with Crippen molar-refractivity contribution in [3.05, 3.63) is 58.9 Å². The summed E-state index contributed by atoms with van der Waals surface area (Å²) in [7, 11) is 1.71. The number of nitrogens with zero attached hydrogens (tertiary/aromatic N) is 5. The molecule has 41 heavy (non-hydrogen) atoms. The fraction of sp³-hybridized carbons (Fsp3) is 0.516. The Labute approximate surface area is 240 Å². The molecule has 3 aliphatic rings. The number of nitrogens with one attached hydrogen (secondary N) is 3. The molecule has 10 heteroatoms. The van der Waals surface area contributed by atoms with Crippen LogP contribution in [-0.4, -0.2) is 58.4 Å². The molecule has 0 aliphatic heterocycles. The van der Waals surface area contributed by atoms with Crippen molar-refractivity contribution in [2.75, 3.05) is 30.5 Å². The summed E-state index contributed by atoms with van der Waals surface area (Å²) in [5, 5.41) is 23.3. The second kappa shape index (κ2) is 12.3. The maximum absolute atomic E-state index is 12.9. The lowest BCUT2D eigenvalue weighted by molar-refractivity contribution is -0.122. The third kappa shape index (κ3) is 6.68. The first-order valence-corrected chi connectivity index (χ1v) is 14.8. The molecule has 3 aliphatic carbocycles. The lowest BCUT2D eigenvalue weighted by Gasteiger charge is -2.37. The number of rotatable bonds is 11. The molecule has 2 aromatic heterocycles. The quantitative estimate of drug-likeness (QED) is 0.318. The molecule has 2 saturated carbocycles. The van der Waals surface area contributed by atoms with Crippen LogP contribution in [0.3, 0.4) is 0 Å². The highest BCUT2D eigenvalue weighted by atomic mass is 16.5. The Bertz CT molecular complexity index is 1400.